The van der Waals surface area contributed by atoms with Gasteiger partial charge >= 0.3 is 56.0 Å². The van der Waals surface area contributed by atoms with Crippen molar-refractivity contribution < 1.29 is 84.5 Å². The molecule has 15 heteroatoms. The lowest BCUT2D eigenvalue weighted by atomic mass is 9.88. The van der Waals surface area contributed by atoms with Crippen LogP contribution in [0.15, 0.2) is 0 Å². The van der Waals surface area contributed by atoms with E-state index in [1.807, 2.05) is 0 Å². The van der Waals surface area contributed by atoms with Crippen molar-refractivity contribution in [2.75, 3.05) is 6.61 Å². The van der Waals surface area contributed by atoms with Crippen LogP contribution in [0.2, 0.25) is 0 Å². The molecule has 0 spiro atoms. The van der Waals surface area contributed by atoms with E-state index in [4.69, 9.17) is 30.1 Å². The van der Waals surface area contributed by atoms with E-state index < -0.39 is 82.6 Å². The molecule has 0 radical (unpaired) electrons. The first kappa shape index (κ1) is 32.0. The number of rotatable bonds is 11. The molecule has 3 unspecified atom stereocenters. The predicted molar refractivity (Wildman–Crippen MR) is 115 cm³/mol. The lowest BCUT2D eigenvalue weighted by Crippen LogP contribution is -3.46. The number of esters is 4. The maximum Gasteiger partial charge on any atom is 0.392 e. The van der Waals surface area contributed by atoms with Crippen LogP contribution in [0.5, 0.6) is 0 Å². The number of carbonyl (C=O) groups is 6. The molecule has 1 fully saturated rings. The summed E-state index contributed by atoms with van der Waals surface area (Å²) in [6.07, 6.45) is -4.75. The fourth-order valence-electron chi connectivity index (χ4n) is 3.45. The maximum absolute atomic E-state index is 15.6. The third-order valence-corrected chi connectivity index (χ3v) is 6.27. The lowest BCUT2D eigenvalue weighted by Gasteiger charge is -2.45. The summed E-state index contributed by atoms with van der Waals surface area (Å²) in [4.78, 5) is 71.7. The van der Waals surface area contributed by atoms with Gasteiger partial charge in [-0.05, 0) is 0 Å². The minimum Gasteiger partial charge on any atom is -0.476 e. The Hall–Kier alpha value is -3.00. The summed E-state index contributed by atoms with van der Waals surface area (Å²) in [5.74, 6) is -4.05. The number of alkyl halides is 2. The van der Waals surface area contributed by atoms with Crippen LogP contribution in [0.1, 0.15) is 40.5 Å². The molecule has 0 aromatic carbocycles. The zero-order valence-corrected chi connectivity index (χ0v) is 22.7. The van der Waals surface area contributed by atoms with Gasteiger partial charge in [0.15, 0.2) is 18.3 Å². The molecular weight excluding hydrogens is 616 g/mol. The zero-order valence-electron chi connectivity index (χ0n) is 20.4. The molecule has 1 saturated heterocycles. The van der Waals surface area contributed by atoms with Crippen LogP contribution in [0.25, 0.3) is 0 Å². The first-order valence-electron chi connectivity index (χ1n) is 10.8. The van der Waals surface area contributed by atoms with E-state index >= 15 is 4.39 Å². The summed E-state index contributed by atoms with van der Waals surface area (Å²) < 4.78 is 38.9. The molecule has 1 amide bonds. The number of hydrogen-bond donors (Lipinski definition) is 2. The number of ether oxygens (including phenoxy) is 5. The highest BCUT2D eigenvalue weighted by Crippen LogP contribution is 2.33. The molecule has 0 bridgehead atoms. The highest BCUT2D eigenvalue weighted by Gasteiger charge is 2.68. The Kier molecular flexibility index (Phi) is 12.2. The van der Waals surface area contributed by atoms with Crippen LogP contribution in [0, 0.1) is 12.3 Å². The fraction of sp³-hybridized carbons (Fsp3) is 0.636. The number of aliphatic carboxylic acids is 1. The molecule has 1 heterocycles. The topological polar surface area (TPSA) is 181 Å². The summed E-state index contributed by atoms with van der Waals surface area (Å²) in [7, 11) is 0. The van der Waals surface area contributed by atoms with Crippen molar-refractivity contribution in [1.29, 1.82) is 0 Å². The maximum atomic E-state index is 15.6. The van der Waals surface area contributed by atoms with Crippen molar-refractivity contribution in [3.05, 3.63) is 0 Å². The molecule has 1 rings (SSSR count). The average molecular weight is 644 g/mol. The summed E-state index contributed by atoms with van der Waals surface area (Å²) in [5.41, 5.74) is 0. The average Bonchev–Trinajstić information content (AvgIpc) is 2.77. The first-order valence-corrected chi connectivity index (χ1v) is 11.9. The highest BCUT2D eigenvalue weighted by molar-refractivity contribution is 5.78. The number of terminal acetylenes is 1. The number of amides is 1. The smallest absolute Gasteiger partial charge is 0.392 e. The van der Waals surface area contributed by atoms with Crippen LogP contribution >= 0.6 is 0 Å². The van der Waals surface area contributed by atoms with Gasteiger partial charge in [0.1, 0.15) is 12.7 Å². The van der Waals surface area contributed by atoms with Crippen LogP contribution in [0.4, 0.5) is 4.39 Å². The molecule has 1 aliphatic heterocycles. The normalized spacial score (nSPS) is 26.4. The SMILES string of the molecule is C#CCCC(=O)N[C@@H]1C(OC(C)=O)C(F)[C@]([IH+])(C(=O)O)OC1[C@H](OC(C)=O)[C@@H](COC(C)=O)OC(C)=O. The third-order valence-electron chi connectivity index (χ3n) is 4.86. The van der Waals surface area contributed by atoms with Gasteiger partial charge in [-0.2, -0.15) is 0 Å². The molecule has 0 saturated carbocycles. The molecular formula is C22H28FINO12+. The Labute approximate surface area is 225 Å². The van der Waals surface area contributed by atoms with E-state index in [-0.39, 0.29) is 12.8 Å². The largest absolute Gasteiger partial charge is 0.476 e. The Morgan fingerprint density at radius 3 is 2.14 bits per heavy atom. The van der Waals surface area contributed by atoms with Gasteiger partial charge in [0.25, 0.3) is 0 Å². The van der Waals surface area contributed by atoms with Crippen LogP contribution < -0.4 is 27.9 Å². The molecule has 7 atom stereocenters. The molecule has 0 aromatic rings. The number of carboxylic acid groups (broad SMARTS) is 1. The van der Waals surface area contributed by atoms with Gasteiger partial charge in [0.2, 0.25) is 12.1 Å². The molecule has 13 nitrogen and oxygen atoms in total. The van der Waals surface area contributed by atoms with Crippen molar-refractivity contribution in [3.63, 3.8) is 0 Å². The Bertz CT molecular complexity index is 952. The van der Waals surface area contributed by atoms with E-state index in [0.717, 1.165) is 50.3 Å². The molecule has 0 aliphatic carbocycles. The molecule has 2 N–H and O–H groups in total. The van der Waals surface area contributed by atoms with Gasteiger partial charge in [-0.15, -0.1) is 12.3 Å². The van der Waals surface area contributed by atoms with E-state index in [0.29, 0.717) is 0 Å². The van der Waals surface area contributed by atoms with E-state index in [1.165, 1.54) is 0 Å². The summed E-state index contributed by atoms with van der Waals surface area (Å²) in [6, 6.07) is -1.67. The first-order chi connectivity index (χ1) is 17.1. The van der Waals surface area contributed by atoms with Gasteiger partial charge in [-0.25, -0.2) is 9.18 Å². The monoisotopic (exact) mass is 644 g/mol. The third kappa shape index (κ3) is 9.11. The number of hydrogen-bond acceptors (Lipinski definition) is 11. The minimum atomic E-state index is -2.68. The van der Waals surface area contributed by atoms with Crippen LogP contribution in [0.3, 0.4) is 0 Å². The van der Waals surface area contributed by atoms with Crippen molar-refractivity contribution in [2.24, 2.45) is 0 Å². The summed E-state index contributed by atoms with van der Waals surface area (Å²) in [5, 5.41) is 12.2. The minimum absolute atomic E-state index is 0.0232. The van der Waals surface area contributed by atoms with Gasteiger partial charge in [0.05, 0.1) is 6.04 Å². The van der Waals surface area contributed by atoms with Crippen molar-refractivity contribution in [3.8, 4) is 12.3 Å². The highest BCUT2D eigenvalue weighted by atomic mass is 127. The molecule has 37 heavy (non-hydrogen) atoms. The van der Waals surface area contributed by atoms with Crippen LogP contribution in [-0.4, -0.2) is 87.7 Å². The summed E-state index contributed by atoms with van der Waals surface area (Å²) in [6.45, 7) is 3.24. The van der Waals surface area contributed by atoms with Crippen molar-refractivity contribution >= 4 is 35.8 Å². The standard InChI is InChI=1S/C22H27FINO12/c1-6-7-8-15(30)25-16-18(37-22(24,21(31)32)20(23)19(16)36-13(5)29)17(35-12(4)28)14(34-11(3)27)9-33-10(2)26/h1,14,16-20,24H,7-9H2,2-5H3,(H-,25,30,31,32)/p+1/t14-,16+,17-,18?,19?,20?,22-/m1/s1. The molecule has 1 aliphatic rings. The number of nitrogens with one attached hydrogen (secondary N) is 1. The molecule has 0 aromatic heterocycles. The van der Waals surface area contributed by atoms with Gasteiger partial charge < -0.3 is 34.1 Å². The Morgan fingerprint density at radius 2 is 1.68 bits per heavy atom. The fourth-order valence-corrected chi connectivity index (χ4v) is 4.15. The molecule has 206 valence electrons. The number of carboxylic acids is 1. The summed E-state index contributed by atoms with van der Waals surface area (Å²) >= 11 is 0.748. The predicted octanol–water partition coefficient (Wildman–Crippen LogP) is -3.95. The van der Waals surface area contributed by atoms with Crippen molar-refractivity contribution in [2.45, 2.75) is 80.8 Å². The van der Waals surface area contributed by atoms with Gasteiger partial charge in [-0.1, -0.05) is 0 Å². The van der Waals surface area contributed by atoms with E-state index in [1.54, 1.807) is 0 Å². The van der Waals surface area contributed by atoms with E-state index in [2.05, 4.69) is 11.2 Å². The second kappa shape index (κ2) is 14.1. The number of halogens is 2. The second-order valence-corrected chi connectivity index (χ2v) is 9.58. The Morgan fingerprint density at radius 1 is 1.08 bits per heavy atom. The van der Waals surface area contributed by atoms with Crippen LogP contribution in [-0.2, 0) is 52.5 Å². The van der Waals surface area contributed by atoms with Gasteiger partial charge in [0, 0.05) is 40.5 Å². The van der Waals surface area contributed by atoms with Gasteiger partial charge in [-0.3, -0.25) is 24.0 Å². The second-order valence-electron chi connectivity index (χ2n) is 7.85. The quantitative estimate of drug-likeness (QED) is 0.0734. The zero-order chi connectivity index (χ0) is 28.5. The number of carbonyl (C=O) groups excluding carboxylic acids is 5. The Balaban J connectivity index is 3.74. The van der Waals surface area contributed by atoms with Crippen molar-refractivity contribution in [1.82, 2.24) is 5.32 Å². The van der Waals surface area contributed by atoms with E-state index in [9.17, 15) is 33.9 Å². The lowest BCUT2D eigenvalue weighted by molar-refractivity contribution is -0.569.